The molecular formula is C24H18ClN3O2S3. The third kappa shape index (κ3) is 6.17. The van der Waals surface area contributed by atoms with Crippen molar-refractivity contribution in [1.82, 2.24) is 9.88 Å². The number of hydrogen-bond donors (Lipinski definition) is 1. The molecule has 2 aromatic carbocycles. The summed E-state index contributed by atoms with van der Waals surface area (Å²) in [5, 5.41) is 5.81. The first-order chi connectivity index (χ1) is 16.0. The maximum absolute atomic E-state index is 12.7. The van der Waals surface area contributed by atoms with Crippen LogP contribution in [0.2, 0.25) is 5.02 Å². The third-order valence-corrected chi connectivity index (χ3v) is 7.07. The van der Waals surface area contributed by atoms with Gasteiger partial charge >= 0.3 is 0 Å². The minimum Gasteiger partial charge on any atom is -0.302 e. The summed E-state index contributed by atoms with van der Waals surface area (Å²) < 4.78 is 0.450. The number of allylic oxidation sites excluding steroid dienone is 2. The molecule has 1 saturated heterocycles. The lowest BCUT2D eigenvalue weighted by atomic mass is 10.2. The van der Waals surface area contributed by atoms with Gasteiger partial charge in [-0.1, -0.05) is 90.2 Å². The average Bonchev–Trinajstić information content (AvgIpc) is 3.38. The number of halogens is 1. The van der Waals surface area contributed by atoms with E-state index in [4.69, 9.17) is 23.8 Å². The van der Waals surface area contributed by atoms with Crippen molar-refractivity contribution in [3.05, 3.63) is 87.6 Å². The SMILES string of the molecule is O=C(CCN1C(=O)/C(=C/C=C/c2ccccc2)SC1=S)Nc1nc(-c2ccc(Cl)cc2)cs1. The van der Waals surface area contributed by atoms with Gasteiger partial charge in [-0.05, 0) is 23.8 Å². The van der Waals surface area contributed by atoms with E-state index in [1.54, 1.807) is 18.2 Å². The van der Waals surface area contributed by atoms with Crippen LogP contribution >= 0.6 is 46.9 Å². The van der Waals surface area contributed by atoms with Gasteiger partial charge in [-0.2, -0.15) is 0 Å². The number of carbonyl (C=O) groups is 2. The molecule has 1 N–H and O–H groups in total. The van der Waals surface area contributed by atoms with Crippen molar-refractivity contribution in [3.63, 3.8) is 0 Å². The molecule has 9 heteroatoms. The first kappa shape index (κ1) is 23.4. The van der Waals surface area contributed by atoms with Crippen LogP contribution < -0.4 is 5.32 Å². The van der Waals surface area contributed by atoms with Gasteiger partial charge in [0, 0.05) is 28.9 Å². The Hall–Kier alpha value is -2.78. The molecule has 0 unspecified atom stereocenters. The molecule has 5 nitrogen and oxygen atoms in total. The van der Waals surface area contributed by atoms with E-state index in [1.165, 1.54) is 28.0 Å². The third-order valence-electron chi connectivity index (χ3n) is 4.66. The number of nitrogens with one attached hydrogen (secondary N) is 1. The lowest BCUT2D eigenvalue weighted by molar-refractivity contribution is -0.122. The Bertz CT molecular complexity index is 1240. The zero-order valence-electron chi connectivity index (χ0n) is 17.2. The van der Waals surface area contributed by atoms with Gasteiger partial charge in [0.25, 0.3) is 5.91 Å². The minimum atomic E-state index is -0.228. The summed E-state index contributed by atoms with van der Waals surface area (Å²) in [6.07, 6.45) is 5.62. The Labute approximate surface area is 210 Å². The van der Waals surface area contributed by atoms with E-state index < -0.39 is 0 Å². The van der Waals surface area contributed by atoms with Crippen molar-refractivity contribution in [2.24, 2.45) is 0 Å². The Morgan fingerprint density at radius 3 is 2.67 bits per heavy atom. The normalized spacial score (nSPS) is 15.1. The van der Waals surface area contributed by atoms with Gasteiger partial charge in [-0.15, -0.1) is 11.3 Å². The summed E-state index contributed by atoms with van der Waals surface area (Å²) in [5.74, 6) is -0.413. The molecule has 2 heterocycles. The molecule has 166 valence electrons. The molecule has 0 saturated carbocycles. The molecule has 33 heavy (non-hydrogen) atoms. The average molecular weight is 512 g/mol. The zero-order valence-corrected chi connectivity index (χ0v) is 20.4. The fourth-order valence-corrected chi connectivity index (χ4v) is 5.12. The first-order valence-corrected chi connectivity index (χ1v) is 12.5. The molecular weight excluding hydrogens is 494 g/mol. The second-order valence-corrected chi connectivity index (χ2v) is 9.94. The summed E-state index contributed by atoms with van der Waals surface area (Å²) in [6.45, 7) is 0.214. The van der Waals surface area contributed by atoms with Crippen LogP contribution in [0.4, 0.5) is 5.13 Å². The van der Waals surface area contributed by atoms with Crippen molar-refractivity contribution < 1.29 is 9.59 Å². The standard InChI is InChI=1S/C24H18ClN3O2S3/c25-18-11-9-17(10-12-18)19-15-32-23(26-19)27-21(29)13-14-28-22(30)20(33-24(28)31)8-4-7-16-5-2-1-3-6-16/h1-12,15H,13-14H2,(H,26,27,29)/b7-4+,20-8-. The maximum Gasteiger partial charge on any atom is 0.266 e. The van der Waals surface area contributed by atoms with Crippen LogP contribution in [0.1, 0.15) is 12.0 Å². The number of thiazole rings is 1. The van der Waals surface area contributed by atoms with Crippen LogP contribution in [-0.4, -0.2) is 32.6 Å². The number of anilines is 1. The van der Waals surface area contributed by atoms with Gasteiger partial charge in [0.1, 0.15) is 4.32 Å². The molecule has 3 aromatic rings. The molecule has 0 bridgehead atoms. The van der Waals surface area contributed by atoms with Crippen molar-refractivity contribution in [2.75, 3.05) is 11.9 Å². The van der Waals surface area contributed by atoms with Gasteiger partial charge in [0.05, 0.1) is 10.6 Å². The maximum atomic E-state index is 12.7. The smallest absolute Gasteiger partial charge is 0.266 e. The molecule has 1 fully saturated rings. The van der Waals surface area contributed by atoms with E-state index in [1.807, 2.05) is 60.0 Å². The predicted molar refractivity (Wildman–Crippen MR) is 141 cm³/mol. The fourth-order valence-electron chi connectivity index (χ4n) is 3.00. The van der Waals surface area contributed by atoms with Crippen LogP contribution in [0, 0.1) is 0 Å². The van der Waals surface area contributed by atoms with Crippen LogP contribution in [0.5, 0.6) is 0 Å². The van der Waals surface area contributed by atoms with E-state index in [0.29, 0.717) is 19.4 Å². The molecule has 0 aliphatic carbocycles. The molecule has 4 rings (SSSR count). The number of thiocarbonyl (C=S) groups is 1. The van der Waals surface area contributed by atoms with Gasteiger partial charge in [-0.3, -0.25) is 14.5 Å². The van der Waals surface area contributed by atoms with Crippen LogP contribution in [0.3, 0.4) is 0 Å². The molecule has 1 aliphatic rings. The topological polar surface area (TPSA) is 62.3 Å². The van der Waals surface area contributed by atoms with E-state index in [9.17, 15) is 9.59 Å². The largest absolute Gasteiger partial charge is 0.302 e. The number of carbonyl (C=O) groups excluding carboxylic acids is 2. The highest BCUT2D eigenvalue weighted by Crippen LogP contribution is 2.31. The van der Waals surface area contributed by atoms with Crippen LogP contribution in [0.25, 0.3) is 17.3 Å². The monoisotopic (exact) mass is 511 g/mol. The zero-order chi connectivity index (χ0) is 23.2. The van der Waals surface area contributed by atoms with E-state index >= 15 is 0 Å². The lowest BCUT2D eigenvalue weighted by Crippen LogP contribution is -2.31. The molecule has 0 radical (unpaired) electrons. The van der Waals surface area contributed by atoms with Gasteiger partial charge < -0.3 is 5.32 Å². The molecule has 0 spiro atoms. The fraction of sp³-hybridized carbons (Fsp3) is 0.0833. The van der Waals surface area contributed by atoms with Gasteiger partial charge in [-0.25, -0.2) is 4.98 Å². The molecule has 0 atom stereocenters. The van der Waals surface area contributed by atoms with Gasteiger partial charge in [0.15, 0.2) is 5.13 Å². The van der Waals surface area contributed by atoms with Crippen molar-refractivity contribution in [1.29, 1.82) is 0 Å². The summed E-state index contributed by atoms with van der Waals surface area (Å²) in [5.41, 5.74) is 2.72. The summed E-state index contributed by atoms with van der Waals surface area (Å²) in [4.78, 5) is 31.5. The van der Waals surface area contributed by atoms with E-state index in [0.717, 1.165) is 16.8 Å². The highest BCUT2D eigenvalue weighted by Gasteiger charge is 2.31. The molecule has 1 aliphatic heterocycles. The number of nitrogens with zero attached hydrogens (tertiary/aromatic N) is 2. The van der Waals surface area contributed by atoms with Crippen molar-refractivity contribution in [3.8, 4) is 11.3 Å². The Balaban J connectivity index is 1.30. The number of rotatable bonds is 7. The highest BCUT2D eigenvalue weighted by molar-refractivity contribution is 8.26. The summed E-state index contributed by atoms with van der Waals surface area (Å²) >= 11 is 13.8. The number of aromatic nitrogens is 1. The highest BCUT2D eigenvalue weighted by atomic mass is 35.5. The van der Waals surface area contributed by atoms with E-state index in [-0.39, 0.29) is 24.8 Å². The number of hydrogen-bond acceptors (Lipinski definition) is 6. The second-order valence-electron chi connectivity index (χ2n) is 6.97. The molecule has 1 aromatic heterocycles. The number of benzene rings is 2. The van der Waals surface area contributed by atoms with Gasteiger partial charge in [0.2, 0.25) is 5.91 Å². The second kappa shape index (κ2) is 10.9. The summed E-state index contributed by atoms with van der Waals surface area (Å²) in [7, 11) is 0. The number of amides is 2. The Morgan fingerprint density at radius 1 is 1.15 bits per heavy atom. The Kier molecular flexibility index (Phi) is 7.72. The minimum absolute atomic E-state index is 0.120. The first-order valence-electron chi connectivity index (χ1n) is 9.98. The number of thioether (sulfide) groups is 1. The predicted octanol–water partition coefficient (Wildman–Crippen LogP) is 6.25. The van der Waals surface area contributed by atoms with Crippen LogP contribution in [0.15, 0.2) is 77.0 Å². The summed E-state index contributed by atoms with van der Waals surface area (Å²) in [6, 6.07) is 17.2. The molecule has 2 amide bonds. The van der Waals surface area contributed by atoms with Crippen LogP contribution in [-0.2, 0) is 9.59 Å². The van der Waals surface area contributed by atoms with Crippen molar-refractivity contribution in [2.45, 2.75) is 6.42 Å². The Morgan fingerprint density at radius 2 is 1.91 bits per heavy atom. The quantitative estimate of drug-likeness (QED) is 0.300. The lowest BCUT2D eigenvalue weighted by Gasteiger charge is -2.13. The van der Waals surface area contributed by atoms with E-state index in [2.05, 4.69) is 10.3 Å². The van der Waals surface area contributed by atoms with Crippen molar-refractivity contribution >= 4 is 74.3 Å².